The average molecular weight is 200 g/mol. The number of methoxy groups -OCH3 is 1. The lowest BCUT2D eigenvalue weighted by Gasteiger charge is -2.14. The molecule has 1 aliphatic carbocycles. The first-order valence-corrected chi connectivity index (χ1v) is 5.25. The van der Waals surface area contributed by atoms with E-state index in [9.17, 15) is 4.79 Å². The zero-order valence-electron chi connectivity index (χ0n) is 8.79. The molecule has 0 aliphatic heterocycles. The number of hydrogen-bond acceptors (Lipinski definition) is 3. The Balaban J connectivity index is 2.13. The molecule has 3 N–H and O–H groups in total. The molecule has 0 spiro atoms. The van der Waals surface area contributed by atoms with Gasteiger partial charge in [0.15, 0.2) is 0 Å². The van der Waals surface area contributed by atoms with Crippen molar-refractivity contribution in [1.82, 2.24) is 5.32 Å². The number of hydrogen-bond donors (Lipinski definition) is 2. The standard InChI is InChI=1S/C10H20N2O2/c1-14-6-5-12-10(13)7-8-3-2-4-9(8)11/h8-9H,2-7,11H2,1H3,(H,12,13)/t8-,9+/m0/s1. The molecule has 0 aromatic heterocycles. The van der Waals surface area contributed by atoms with Gasteiger partial charge in [-0.25, -0.2) is 0 Å². The molecule has 1 fully saturated rings. The highest BCUT2D eigenvalue weighted by atomic mass is 16.5. The highest BCUT2D eigenvalue weighted by Gasteiger charge is 2.25. The first-order valence-electron chi connectivity index (χ1n) is 5.25. The minimum absolute atomic E-state index is 0.101. The number of carbonyl (C=O) groups excluding carboxylic acids is 1. The quantitative estimate of drug-likeness (QED) is 0.626. The summed E-state index contributed by atoms with van der Waals surface area (Å²) in [6.07, 6.45) is 3.90. The zero-order chi connectivity index (χ0) is 10.4. The van der Waals surface area contributed by atoms with E-state index in [4.69, 9.17) is 10.5 Å². The van der Waals surface area contributed by atoms with Gasteiger partial charge in [-0.15, -0.1) is 0 Å². The van der Waals surface area contributed by atoms with Crippen LogP contribution in [0.1, 0.15) is 25.7 Å². The van der Waals surface area contributed by atoms with Gasteiger partial charge in [-0.3, -0.25) is 4.79 Å². The van der Waals surface area contributed by atoms with E-state index in [1.807, 2.05) is 0 Å². The Kier molecular flexibility index (Phi) is 4.90. The molecule has 4 nitrogen and oxygen atoms in total. The van der Waals surface area contributed by atoms with E-state index in [0.29, 0.717) is 25.5 Å². The van der Waals surface area contributed by atoms with Crippen LogP contribution in [0.5, 0.6) is 0 Å². The van der Waals surface area contributed by atoms with Gasteiger partial charge in [0.1, 0.15) is 0 Å². The van der Waals surface area contributed by atoms with Gasteiger partial charge in [-0.2, -0.15) is 0 Å². The molecule has 1 saturated carbocycles. The summed E-state index contributed by atoms with van der Waals surface area (Å²) in [7, 11) is 1.62. The molecule has 0 bridgehead atoms. The fourth-order valence-corrected chi connectivity index (χ4v) is 1.92. The van der Waals surface area contributed by atoms with E-state index >= 15 is 0 Å². The van der Waals surface area contributed by atoms with E-state index in [1.54, 1.807) is 7.11 Å². The van der Waals surface area contributed by atoms with Crippen LogP contribution in [0.15, 0.2) is 0 Å². The molecule has 1 amide bonds. The number of carbonyl (C=O) groups is 1. The summed E-state index contributed by atoms with van der Waals surface area (Å²) < 4.78 is 4.84. The second-order valence-electron chi connectivity index (χ2n) is 3.90. The number of ether oxygens (including phenoxy) is 1. The summed E-state index contributed by atoms with van der Waals surface area (Å²) in [5.41, 5.74) is 5.88. The molecular weight excluding hydrogens is 180 g/mol. The number of nitrogens with one attached hydrogen (secondary N) is 1. The van der Waals surface area contributed by atoms with E-state index in [2.05, 4.69) is 5.32 Å². The average Bonchev–Trinajstić information content (AvgIpc) is 2.52. The third-order valence-corrected chi connectivity index (χ3v) is 2.79. The summed E-state index contributed by atoms with van der Waals surface area (Å²) in [5.74, 6) is 0.488. The van der Waals surface area contributed by atoms with Crippen molar-refractivity contribution in [3.05, 3.63) is 0 Å². The summed E-state index contributed by atoms with van der Waals surface area (Å²) in [5, 5.41) is 2.81. The molecule has 0 aromatic rings. The fraction of sp³-hybridized carbons (Fsp3) is 0.900. The maximum atomic E-state index is 11.4. The number of rotatable bonds is 5. The Morgan fingerprint density at radius 3 is 2.93 bits per heavy atom. The van der Waals surface area contributed by atoms with Gasteiger partial charge in [0.05, 0.1) is 6.61 Å². The summed E-state index contributed by atoms with van der Waals surface area (Å²) in [6.45, 7) is 1.17. The number of nitrogens with two attached hydrogens (primary N) is 1. The highest BCUT2D eigenvalue weighted by molar-refractivity contribution is 5.76. The minimum Gasteiger partial charge on any atom is -0.383 e. The Labute approximate surface area is 85.2 Å². The molecule has 0 saturated heterocycles. The van der Waals surface area contributed by atoms with Crippen molar-refractivity contribution in [3.8, 4) is 0 Å². The Morgan fingerprint density at radius 1 is 1.57 bits per heavy atom. The first-order chi connectivity index (χ1) is 6.74. The van der Waals surface area contributed by atoms with Crippen molar-refractivity contribution in [2.45, 2.75) is 31.7 Å². The lowest BCUT2D eigenvalue weighted by molar-refractivity contribution is -0.122. The fourth-order valence-electron chi connectivity index (χ4n) is 1.92. The zero-order valence-corrected chi connectivity index (χ0v) is 8.79. The van der Waals surface area contributed by atoms with Crippen LogP contribution in [0, 0.1) is 5.92 Å². The van der Waals surface area contributed by atoms with Crippen molar-refractivity contribution in [2.24, 2.45) is 11.7 Å². The number of amides is 1. The Bertz CT molecular complexity index is 185. The molecule has 2 atom stereocenters. The molecule has 82 valence electrons. The lowest BCUT2D eigenvalue weighted by Crippen LogP contribution is -2.33. The van der Waals surface area contributed by atoms with E-state index in [0.717, 1.165) is 19.3 Å². The predicted molar refractivity (Wildman–Crippen MR) is 54.8 cm³/mol. The summed E-state index contributed by atoms with van der Waals surface area (Å²) in [6, 6.07) is 0.225. The van der Waals surface area contributed by atoms with E-state index in [-0.39, 0.29) is 11.9 Å². The second-order valence-corrected chi connectivity index (χ2v) is 3.90. The van der Waals surface area contributed by atoms with Crippen LogP contribution in [0.25, 0.3) is 0 Å². The molecule has 1 rings (SSSR count). The summed E-state index contributed by atoms with van der Waals surface area (Å²) >= 11 is 0. The molecule has 1 aliphatic rings. The maximum Gasteiger partial charge on any atom is 0.220 e. The molecule has 0 radical (unpaired) electrons. The van der Waals surface area contributed by atoms with Crippen LogP contribution in [-0.4, -0.2) is 32.2 Å². The predicted octanol–water partition coefficient (Wildman–Crippen LogP) is 0.267. The van der Waals surface area contributed by atoms with E-state index in [1.165, 1.54) is 0 Å². The van der Waals surface area contributed by atoms with Crippen molar-refractivity contribution < 1.29 is 9.53 Å². The van der Waals surface area contributed by atoms with Gasteiger partial charge >= 0.3 is 0 Å². The Hall–Kier alpha value is -0.610. The van der Waals surface area contributed by atoms with Crippen LogP contribution in [0.3, 0.4) is 0 Å². The van der Waals surface area contributed by atoms with Gasteiger partial charge < -0.3 is 15.8 Å². The molecule has 4 heteroatoms. The van der Waals surface area contributed by atoms with Gasteiger partial charge in [0, 0.05) is 26.1 Å². The van der Waals surface area contributed by atoms with Crippen LogP contribution < -0.4 is 11.1 Å². The highest BCUT2D eigenvalue weighted by Crippen LogP contribution is 2.26. The monoisotopic (exact) mass is 200 g/mol. The largest absolute Gasteiger partial charge is 0.383 e. The van der Waals surface area contributed by atoms with Crippen LogP contribution in [0.2, 0.25) is 0 Å². The van der Waals surface area contributed by atoms with Crippen molar-refractivity contribution in [1.29, 1.82) is 0 Å². The first kappa shape index (κ1) is 11.5. The molecular formula is C10H20N2O2. The van der Waals surface area contributed by atoms with Crippen molar-refractivity contribution in [3.63, 3.8) is 0 Å². The van der Waals surface area contributed by atoms with Crippen LogP contribution in [0.4, 0.5) is 0 Å². The maximum absolute atomic E-state index is 11.4. The van der Waals surface area contributed by atoms with E-state index < -0.39 is 0 Å². The SMILES string of the molecule is COCCNC(=O)C[C@@H]1CCC[C@H]1N. The van der Waals surface area contributed by atoms with Gasteiger partial charge in [0.2, 0.25) is 5.91 Å². The minimum atomic E-state index is 0.101. The Morgan fingerprint density at radius 2 is 2.36 bits per heavy atom. The normalized spacial score (nSPS) is 26.4. The topological polar surface area (TPSA) is 64.3 Å². The van der Waals surface area contributed by atoms with Gasteiger partial charge in [-0.1, -0.05) is 6.42 Å². The third-order valence-electron chi connectivity index (χ3n) is 2.79. The van der Waals surface area contributed by atoms with Crippen LogP contribution in [-0.2, 0) is 9.53 Å². The van der Waals surface area contributed by atoms with Gasteiger partial charge in [0.25, 0.3) is 0 Å². The molecule has 0 heterocycles. The smallest absolute Gasteiger partial charge is 0.220 e. The molecule has 14 heavy (non-hydrogen) atoms. The van der Waals surface area contributed by atoms with Crippen molar-refractivity contribution in [2.75, 3.05) is 20.3 Å². The van der Waals surface area contributed by atoms with Crippen molar-refractivity contribution >= 4 is 5.91 Å². The second kappa shape index (κ2) is 5.98. The molecule has 0 unspecified atom stereocenters. The molecule has 0 aromatic carbocycles. The summed E-state index contributed by atoms with van der Waals surface area (Å²) in [4.78, 5) is 11.4. The van der Waals surface area contributed by atoms with Gasteiger partial charge in [-0.05, 0) is 18.8 Å². The van der Waals surface area contributed by atoms with Crippen LogP contribution >= 0.6 is 0 Å². The third kappa shape index (κ3) is 3.64. The lowest BCUT2D eigenvalue weighted by atomic mass is 10.00.